The van der Waals surface area contributed by atoms with Crippen molar-refractivity contribution in [2.24, 2.45) is 5.92 Å². The van der Waals surface area contributed by atoms with Crippen LogP contribution >= 0.6 is 0 Å². The molecule has 0 fully saturated rings. The monoisotopic (exact) mass is 362 g/mol. The Bertz CT molecular complexity index is 625. The number of aryl methyl sites for hydroxylation is 2. The predicted octanol–water partition coefficient (Wildman–Crippen LogP) is 3.55. The Morgan fingerprint density at radius 3 is 2.85 bits per heavy atom. The fraction of sp³-hybridized carbons (Fsp3) is 0.650. The van der Waals surface area contributed by atoms with Gasteiger partial charge in [0.2, 0.25) is 0 Å². The molecule has 26 heavy (non-hydrogen) atoms. The van der Waals surface area contributed by atoms with Gasteiger partial charge in [0.1, 0.15) is 24.3 Å². The first kappa shape index (κ1) is 20.4. The Balaban J connectivity index is 2.03. The maximum atomic E-state index is 12.5. The van der Waals surface area contributed by atoms with Crippen LogP contribution in [-0.2, 0) is 27.1 Å². The quantitative estimate of drug-likeness (QED) is 0.548. The molecule has 1 aliphatic heterocycles. The largest absolute Gasteiger partial charge is 0.443 e. The van der Waals surface area contributed by atoms with Crippen LogP contribution in [0, 0.1) is 5.92 Å². The molecule has 1 amide bonds. The molecule has 2 rings (SSSR count). The first-order valence-corrected chi connectivity index (χ1v) is 9.31. The molecule has 0 aliphatic carbocycles. The van der Waals surface area contributed by atoms with Gasteiger partial charge in [-0.15, -0.1) is 0 Å². The summed E-state index contributed by atoms with van der Waals surface area (Å²) in [6, 6.07) is 4.11. The van der Waals surface area contributed by atoms with E-state index in [1.807, 2.05) is 26.8 Å². The molecule has 1 aromatic heterocycles. The summed E-state index contributed by atoms with van der Waals surface area (Å²) in [6.07, 6.45) is 4.00. The third-order valence-electron chi connectivity index (χ3n) is 4.19. The van der Waals surface area contributed by atoms with E-state index in [0.29, 0.717) is 19.1 Å². The second kappa shape index (κ2) is 9.12. The number of carbonyl (C=O) groups excluding carboxylic acids is 2. The molecule has 144 valence electrons. The van der Waals surface area contributed by atoms with Crippen LogP contribution in [0.3, 0.4) is 0 Å². The molecule has 2 heterocycles. The third-order valence-corrected chi connectivity index (χ3v) is 4.19. The summed E-state index contributed by atoms with van der Waals surface area (Å²) in [7, 11) is 0. The van der Waals surface area contributed by atoms with Crippen LogP contribution in [0.1, 0.15) is 51.8 Å². The van der Waals surface area contributed by atoms with Crippen LogP contribution in [-0.4, -0.2) is 42.7 Å². The highest BCUT2D eigenvalue weighted by atomic mass is 16.6. The minimum atomic E-state index is -0.525. The van der Waals surface area contributed by atoms with Gasteiger partial charge in [-0.3, -0.25) is 4.90 Å². The number of anilines is 1. The number of amides is 1. The van der Waals surface area contributed by atoms with Gasteiger partial charge in [-0.05, 0) is 64.0 Å². The van der Waals surface area contributed by atoms with Crippen molar-refractivity contribution < 1.29 is 19.1 Å². The van der Waals surface area contributed by atoms with E-state index in [1.54, 1.807) is 4.90 Å². The molecule has 0 radical (unpaired) electrons. The first-order valence-electron chi connectivity index (χ1n) is 9.31. The lowest BCUT2D eigenvalue weighted by molar-refractivity contribution is -0.112. The summed E-state index contributed by atoms with van der Waals surface area (Å²) in [5, 5.41) is 0. The number of fused-ring (bicyclic) bond motifs is 1. The van der Waals surface area contributed by atoms with Crippen LogP contribution in [0.5, 0.6) is 0 Å². The Labute approximate surface area is 155 Å². The van der Waals surface area contributed by atoms with Crippen molar-refractivity contribution in [3.05, 3.63) is 23.4 Å². The summed E-state index contributed by atoms with van der Waals surface area (Å²) in [4.78, 5) is 29.2. The van der Waals surface area contributed by atoms with Crippen molar-refractivity contribution >= 4 is 18.2 Å². The zero-order valence-corrected chi connectivity index (χ0v) is 16.3. The van der Waals surface area contributed by atoms with E-state index in [2.05, 4.69) is 13.0 Å². The number of aromatic nitrogens is 1. The van der Waals surface area contributed by atoms with Gasteiger partial charge < -0.3 is 14.3 Å². The number of aldehydes is 1. The van der Waals surface area contributed by atoms with Gasteiger partial charge in [-0.25, -0.2) is 9.78 Å². The lowest BCUT2D eigenvalue weighted by Gasteiger charge is -2.31. The van der Waals surface area contributed by atoms with Crippen molar-refractivity contribution in [1.82, 2.24) is 4.98 Å². The molecule has 0 spiro atoms. The highest BCUT2D eigenvalue weighted by Crippen LogP contribution is 2.27. The van der Waals surface area contributed by atoms with Crippen molar-refractivity contribution in [1.29, 1.82) is 0 Å². The molecule has 1 unspecified atom stereocenters. The maximum Gasteiger partial charge on any atom is 0.416 e. The second-order valence-electron chi connectivity index (χ2n) is 7.87. The highest BCUT2D eigenvalue weighted by Gasteiger charge is 2.28. The molecule has 0 N–H and O–H groups in total. The zero-order chi connectivity index (χ0) is 19.2. The van der Waals surface area contributed by atoms with E-state index in [1.165, 1.54) is 0 Å². The van der Waals surface area contributed by atoms with Gasteiger partial charge in [-0.1, -0.05) is 13.0 Å². The molecule has 0 bridgehead atoms. The molecule has 6 nitrogen and oxygen atoms in total. The summed E-state index contributed by atoms with van der Waals surface area (Å²) >= 11 is 0. The van der Waals surface area contributed by atoms with Crippen molar-refractivity contribution in [2.75, 3.05) is 24.7 Å². The third kappa shape index (κ3) is 6.09. The van der Waals surface area contributed by atoms with Gasteiger partial charge in [0.15, 0.2) is 0 Å². The SMILES string of the molecule is CC(CCc1ccc2c(n1)N(C(=O)OC(C)(C)C)CCC2)COCC=O. The topological polar surface area (TPSA) is 68.7 Å². The van der Waals surface area contributed by atoms with Gasteiger partial charge in [0.05, 0.1) is 0 Å². The number of nitrogens with zero attached hydrogens (tertiary/aromatic N) is 2. The number of hydrogen-bond acceptors (Lipinski definition) is 5. The van der Waals surface area contributed by atoms with Crippen LogP contribution in [0.15, 0.2) is 12.1 Å². The van der Waals surface area contributed by atoms with E-state index >= 15 is 0 Å². The van der Waals surface area contributed by atoms with Crippen molar-refractivity contribution in [3.63, 3.8) is 0 Å². The van der Waals surface area contributed by atoms with E-state index < -0.39 is 5.60 Å². The normalized spacial score (nSPS) is 15.3. The Morgan fingerprint density at radius 2 is 2.15 bits per heavy atom. The predicted molar refractivity (Wildman–Crippen MR) is 101 cm³/mol. The number of hydrogen-bond donors (Lipinski definition) is 0. The lowest BCUT2D eigenvalue weighted by atomic mass is 10.0. The molecular formula is C20H30N2O4. The van der Waals surface area contributed by atoms with Crippen molar-refractivity contribution in [2.45, 2.75) is 59.0 Å². The Kier molecular flexibility index (Phi) is 7.14. The van der Waals surface area contributed by atoms with E-state index in [0.717, 1.165) is 49.0 Å². The second-order valence-corrected chi connectivity index (χ2v) is 7.87. The molecule has 1 aliphatic rings. The van der Waals surface area contributed by atoms with Crippen LogP contribution < -0.4 is 4.90 Å². The smallest absolute Gasteiger partial charge is 0.416 e. The van der Waals surface area contributed by atoms with Gasteiger partial charge in [-0.2, -0.15) is 0 Å². The van der Waals surface area contributed by atoms with E-state index in [4.69, 9.17) is 14.5 Å². The summed E-state index contributed by atoms with van der Waals surface area (Å²) in [5.41, 5.74) is 1.53. The summed E-state index contributed by atoms with van der Waals surface area (Å²) in [6.45, 7) is 9.04. The zero-order valence-electron chi connectivity index (χ0n) is 16.3. The molecule has 0 saturated carbocycles. The maximum absolute atomic E-state index is 12.5. The fourth-order valence-electron chi connectivity index (χ4n) is 2.91. The average Bonchev–Trinajstić information content (AvgIpc) is 2.58. The standard InChI is InChI=1S/C20H30N2O4/c1-15(14-25-13-12-23)7-9-17-10-8-16-6-5-11-22(18(16)21-17)19(24)26-20(2,3)4/h8,10,12,15H,5-7,9,11,13-14H2,1-4H3. The lowest BCUT2D eigenvalue weighted by Crippen LogP contribution is -2.40. The minimum absolute atomic E-state index is 0.145. The van der Waals surface area contributed by atoms with E-state index in [-0.39, 0.29) is 12.7 Å². The number of pyridine rings is 1. The Hall–Kier alpha value is -1.95. The number of carbonyl (C=O) groups is 2. The summed E-state index contributed by atoms with van der Waals surface area (Å²) in [5.74, 6) is 1.07. The van der Waals surface area contributed by atoms with Crippen LogP contribution in [0.4, 0.5) is 10.6 Å². The van der Waals surface area contributed by atoms with Crippen LogP contribution in [0.25, 0.3) is 0 Å². The molecule has 0 aromatic carbocycles. The van der Waals surface area contributed by atoms with E-state index in [9.17, 15) is 9.59 Å². The molecular weight excluding hydrogens is 332 g/mol. The van der Waals surface area contributed by atoms with Gasteiger partial charge in [0, 0.05) is 18.8 Å². The van der Waals surface area contributed by atoms with Crippen LogP contribution in [0.2, 0.25) is 0 Å². The molecule has 6 heteroatoms. The Morgan fingerprint density at radius 1 is 1.38 bits per heavy atom. The summed E-state index contributed by atoms with van der Waals surface area (Å²) < 4.78 is 10.8. The molecule has 0 saturated heterocycles. The molecule has 1 aromatic rings. The van der Waals surface area contributed by atoms with Gasteiger partial charge in [0.25, 0.3) is 0 Å². The minimum Gasteiger partial charge on any atom is -0.443 e. The van der Waals surface area contributed by atoms with Gasteiger partial charge >= 0.3 is 6.09 Å². The van der Waals surface area contributed by atoms with Crippen molar-refractivity contribution in [3.8, 4) is 0 Å². The average molecular weight is 362 g/mol. The number of rotatable bonds is 7. The number of ether oxygens (including phenoxy) is 2. The fourth-order valence-corrected chi connectivity index (χ4v) is 2.91. The highest BCUT2D eigenvalue weighted by molar-refractivity contribution is 5.88. The first-order chi connectivity index (χ1) is 12.3. The molecule has 1 atom stereocenters.